The molecule has 0 aromatic carbocycles. The lowest BCUT2D eigenvalue weighted by Crippen LogP contribution is -2.23. The van der Waals surface area contributed by atoms with Gasteiger partial charge in [-0.15, -0.1) is 0 Å². The molecule has 0 aliphatic heterocycles. The van der Waals surface area contributed by atoms with E-state index in [4.69, 9.17) is 0 Å². The average molecular weight is 263 g/mol. The van der Waals surface area contributed by atoms with Crippen LogP contribution in [0.4, 0.5) is 0 Å². The van der Waals surface area contributed by atoms with Gasteiger partial charge >= 0.3 is 0 Å². The van der Waals surface area contributed by atoms with E-state index in [2.05, 4.69) is 58.2 Å². The molecular formula is C18H33N. The van der Waals surface area contributed by atoms with Crippen LogP contribution in [0.15, 0.2) is 35.6 Å². The third-order valence-electron chi connectivity index (χ3n) is 3.23. The minimum Gasteiger partial charge on any atom is -0.372 e. The molecule has 0 fully saturated rings. The van der Waals surface area contributed by atoms with E-state index >= 15 is 0 Å². The van der Waals surface area contributed by atoms with Crippen molar-refractivity contribution in [1.82, 2.24) is 4.90 Å². The Morgan fingerprint density at radius 2 is 1.68 bits per heavy atom. The summed E-state index contributed by atoms with van der Waals surface area (Å²) in [4.78, 5) is 2.42. The van der Waals surface area contributed by atoms with Crippen LogP contribution in [0.5, 0.6) is 0 Å². The van der Waals surface area contributed by atoms with E-state index in [1.165, 1.54) is 36.1 Å². The molecule has 0 radical (unpaired) electrons. The summed E-state index contributed by atoms with van der Waals surface area (Å²) in [5, 5.41) is 0. The molecule has 0 unspecified atom stereocenters. The first-order chi connectivity index (χ1) is 9.01. The van der Waals surface area contributed by atoms with Gasteiger partial charge in [0.1, 0.15) is 0 Å². The maximum atomic E-state index is 4.21. The van der Waals surface area contributed by atoms with Gasteiger partial charge in [-0.25, -0.2) is 0 Å². The van der Waals surface area contributed by atoms with Crippen molar-refractivity contribution in [3.8, 4) is 0 Å². The lowest BCUT2D eigenvalue weighted by atomic mass is 10.1. The summed E-state index contributed by atoms with van der Waals surface area (Å²) in [5.41, 5.74) is 4.19. The average Bonchev–Trinajstić information content (AvgIpc) is 2.34. The number of hydrogen-bond donors (Lipinski definition) is 0. The van der Waals surface area contributed by atoms with Crippen molar-refractivity contribution >= 4 is 0 Å². The van der Waals surface area contributed by atoms with Crippen molar-refractivity contribution in [1.29, 1.82) is 0 Å². The first kappa shape index (κ1) is 18.0. The minimum absolute atomic E-state index is 1.02. The summed E-state index contributed by atoms with van der Waals surface area (Å²) in [5.74, 6) is 0. The molecule has 0 saturated carbocycles. The van der Waals surface area contributed by atoms with E-state index < -0.39 is 0 Å². The highest BCUT2D eigenvalue weighted by Gasteiger charge is 2.04. The van der Waals surface area contributed by atoms with Crippen LogP contribution < -0.4 is 0 Å². The number of rotatable bonds is 10. The molecule has 0 heterocycles. The first-order valence-electron chi connectivity index (χ1n) is 7.72. The minimum atomic E-state index is 1.02. The second-order valence-corrected chi connectivity index (χ2v) is 5.63. The molecule has 1 nitrogen and oxygen atoms in total. The SMILES string of the molecule is C=C(CCC)N(C/C=C(/C)CCC=C(C)C)CCC. The Bertz CT molecular complexity index is 306. The van der Waals surface area contributed by atoms with Crippen LogP contribution in [0.2, 0.25) is 0 Å². The molecule has 0 spiro atoms. The normalized spacial score (nSPS) is 11.3. The summed E-state index contributed by atoms with van der Waals surface area (Å²) >= 11 is 0. The van der Waals surface area contributed by atoms with Crippen molar-refractivity contribution in [2.75, 3.05) is 13.1 Å². The van der Waals surface area contributed by atoms with Crippen molar-refractivity contribution < 1.29 is 0 Å². The highest BCUT2D eigenvalue weighted by molar-refractivity contribution is 5.05. The Balaban J connectivity index is 4.27. The van der Waals surface area contributed by atoms with Crippen LogP contribution in [0.3, 0.4) is 0 Å². The van der Waals surface area contributed by atoms with E-state index in [9.17, 15) is 0 Å². The summed E-state index contributed by atoms with van der Waals surface area (Å²) in [6.45, 7) is 17.4. The van der Waals surface area contributed by atoms with E-state index in [1.54, 1.807) is 0 Å². The molecule has 110 valence electrons. The molecule has 0 atom stereocenters. The largest absolute Gasteiger partial charge is 0.372 e. The monoisotopic (exact) mass is 263 g/mol. The van der Waals surface area contributed by atoms with E-state index in [0.29, 0.717) is 0 Å². The maximum absolute atomic E-state index is 4.21. The Hall–Kier alpha value is -0.980. The third kappa shape index (κ3) is 9.58. The third-order valence-corrected chi connectivity index (χ3v) is 3.23. The zero-order valence-electron chi connectivity index (χ0n) is 13.8. The van der Waals surface area contributed by atoms with Crippen molar-refractivity contribution in [3.05, 3.63) is 35.6 Å². The Labute approximate surface area is 121 Å². The molecule has 0 bridgehead atoms. The highest BCUT2D eigenvalue weighted by Crippen LogP contribution is 2.12. The van der Waals surface area contributed by atoms with Crippen LogP contribution >= 0.6 is 0 Å². The molecule has 0 aliphatic carbocycles. The molecule has 1 heteroatoms. The van der Waals surface area contributed by atoms with Gasteiger partial charge in [-0.2, -0.15) is 0 Å². The molecule has 0 aromatic heterocycles. The summed E-state index contributed by atoms with van der Waals surface area (Å²) in [7, 11) is 0. The van der Waals surface area contributed by atoms with E-state index in [0.717, 1.165) is 25.9 Å². The Kier molecular flexibility index (Phi) is 10.3. The smallest absolute Gasteiger partial charge is 0.0358 e. The van der Waals surface area contributed by atoms with Crippen LogP contribution in [0.1, 0.15) is 66.7 Å². The fraction of sp³-hybridized carbons (Fsp3) is 0.667. The van der Waals surface area contributed by atoms with Gasteiger partial charge in [-0.05, 0) is 46.5 Å². The predicted molar refractivity (Wildman–Crippen MR) is 88.3 cm³/mol. The number of allylic oxidation sites excluding steroid dienone is 4. The molecule has 0 aliphatic rings. The highest BCUT2D eigenvalue weighted by atomic mass is 15.1. The van der Waals surface area contributed by atoms with Gasteiger partial charge in [0.2, 0.25) is 0 Å². The predicted octanol–water partition coefficient (Wildman–Crippen LogP) is 5.70. The summed E-state index contributed by atoms with van der Waals surface area (Å²) in [6, 6.07) is 0. The molecule has 0 N–H and O–H groups in total. The van der Waals surface area contributed by atoms with Gasteiger partial charge in [-0.1, -0.05) is 50.1 Å². The zero-order valence-corrected chi connectivity index (χ0v) is 13.8. The fourth-order valence-corrected chi connectivity index (χ4v) is 2.05. The lowest BCUT2D eigenvalue weighted by molar-refractivity contribution is 0.365. The zero-order chi connectivity index (χ0) is 14.7. The Morgan fingerprint density at radius 3 is 2.21 bits per heavy atom. The lowest BCUT2D eigenvalue weighted by Gasteiger charge is -2.25. The van der Waals surface area contributed by atoms with E-state index in [-0.39, 0.29) is 0 Å². The van der Waals surface area contributed by atoms with Gasteiger partial charge < -0.3 is 4.90 Å². The summed E-state index contributed by atoms with van der Waals surface area (Å²) < 4.78 is 0. The van der Waals surface area contributed by atoms with Crippen molar-refractivity contribution in [3.63, 3.8) is 0 Å². The molecule has 19 heavy (non-hydrogen) atoms. The van der Waals surface area contributed by atoms with Gasteiger partial charge in [-0.3, -0.25) is 0 Å². The van der Waals surface area contributed by atoms with E-state index in [1.807, 2.05) is 0 Å². The number of hydrogen-bond acceptors (Lipinski definition) is 1. The van der Waals surface area contributed by atoms with Crippen molar-refractivity contribution in [2.45, 2.75) is 66.7 Å². The molecule has 0 amide bonds. The van der Waals surface area contributed by atoms with Gasteiger partial charge in [0.25, 0.3) is 0 Å². The summed E-state index contributed by atoms with van der Waals surface area (Å²) in [6.07, 6.45) is 10.5. The maximum Gasteiger partial charge on any atom is 0.0358 e. The molecule has 0 saturated heterocycles. The molecule has 0 aromatic rings. The van der Waals surface area contributed by atoms with Gasteiger partial charge in [0, 0.05) is 18.8 Å². The van der Waals surface area contributed by atoms with Gasteiger partial charge in [0.15, 0.2) is 0 Å². The fourth-order valence-electron chi connectivity index (χ4n) is 2.05. The van der Waals surface area contributed by atoms with Gasteiger partial charge in [0.05, 0.1) is 0 Å². The molecule has 0 rings (SSSR count). The van der Waals surface area contributed by atoms with Crippen molar-refractivity contribution in [2.24, 2.45) is 0 Å². The number of nitrogens with zero attached hydrogens (tertiary/aromatic N) is 1. The van der Waals surface area contributed by atoms with Crippen LogP contribution in [-0.2, 0) is 0 Å². The topological polar surface area (TPSA) is 3.24 Å². The standard InChI is InChI=1S/C18H33N/c1-7-10-18(6)19(14-8-2)15-13-17(5)12-9-11-16(3)4/h11,13H,6-10,12,14-15H2,1-5H3/b17-13-. The van der Waals surface area contributed by atoms with Crippen LogP contribution in [-0.4, -0.2) is 18.0 Å². The van der Waals surface area contributed by atoms with Crippen LogP contribution in [0.25, 0.3) is 0 Å². The quantitative estimate of drug-likeness (QED) is 0.457. The molecular weight excluding hydrogens is 230 g/mol. The Morgan fingerprint density at radius 1 is 1.00 bits per heavy atom. The second-order valence-electron chi connectivity index (χ2n) is 5.63. The van der Waals surface area contributed by atoms with Crippen LogP contribution in [0, 0.1) is 0 Å². The second kappa shape index (κ2) is 10.9. The first-order valence-corrected chi connectivity index (χ1v) is 7.72.